The smallest absolute Gasteiger partial charge is 0.344 e. The Morgan fingerprint density at radius 3 is 2.48 bits per heavy atom. The highest BCUT2D eigenvalue weighted by molar-refractivity contribution is 5.84. The van der Waals surface area contributed by atoms with Crippen LogP contribution in [0.5, 0.6) is 5.75 Å². The second kappa shape index (κ2) is 7.47. The number of hydrogen-bond acceptors (Lipinski definition) is 3. The van der Waals surface area contributed by atoms with Crippen molar-refractivity contribution in [1.29, 1.82) is 0 Å². The summed E-state index contributed by atoms with van der Waals surface area (Å²) in [6.07, 6.45) is 6.05. The van der Waals surface area contributed by atoms with Crippen LogP contribution in [0, 0.1) is 12.8 Å². The Bertz CT molecular complexity index is 742. The van der Waals surface area contributed by atoms with E-state index in [9.17, 15) is 4.79 Å². The summed E-state index contributed by atoms with van der Waals surface area (Å²) >= 11 is 0. The molecule has 1 aliphatic carbocycles. The Balaban J connectivity index is 1.57. The molecule has 0 spiro atoms. The highest BCUT2D eigenvalue weighted by Gasteiger charge is 2.34. The molecule has 3 rings (SSSR count). The molecule has 0 aromatic heterocycles. The number of esters is 1. The van der Waals surface area contributed by atoms with Crippen molar-refractivity contribution in [2.45, 2.75) is 58.5 Å². The molecule has 0 heterocycles. The predicted molar refractivity (Wildman–Crippen MR) is 101 cm³/mol. The zero-order valence-corrected chi connectivity index (χ0v) is 15.5. The predicted octanol–water partition coefficient (Wildman–Crippen LogP) is 5.43. The minimum absolute atomic E-state index is 0.0481. The van der Waals surface area contributed by atoms with Crippen molar-refractivity contribution in [2.24, 2.45) is 5.92 Å². The number of fused-ring (bicyclic) bond motifs is 1. The summed E-state index contributed by atoms with van der Waals surface area (Å²) in [5.74, 6) is 0.859. The summed E-state index contributed by atoms with van der Waals surface area (Å²) in [5, 5.41) is 2.28. The SMILES string of the molecule is Cc1ccc2cc(OCC(=O)OC(C)(C)C3CCCCC3)ccc2c1. The molecule has 0 bridgehead atoms. The number of aryl methyl sites for hydroxylation is 1. The molecular formula is C22H28O3. The largest absolute Gasteiger partial charge is 0.482 e. The third kappa shape index (κ3) is 4.53. The molecule has 0 radical (unpaired) electrons. The summed E-state index contributed by atoms with van der Waals surface area (Å²) in [7, 11) is 0. The Morgan fingerprint density at radius 1 is 1.04 bits per heavy atom. The third-order valence-corrected chi connectivity index (χ3v) is 5.29. The lowest BCUT2D eigenvalue weighted by Gasteiger charge is -2.36. The van der Waals surface area contributed by atoms with Crippen LogP contribution in [0.1, 0.15) is 51.5 Å². The van der Waals surface area contributed by atoms with Crippen molar-refractivity contribution in [3.05, 3.63) is 42.0 Å². The molecule has 2 aromatic rings. The van der Waals surface area contributed by atoms with E-state index in [1.54, 1.807) is 0 Å². The molecule has 1 fully saturated rings. The fourth-order valence-electron chi connectivity index (χ4n) is 3.78. The molecule has 0 atom stereocenters. The molecule has 1 aliphatic rings. The fourth-order valence-corrected chi connectivity index (χ4v) is 3.78. The van der Waals surface area contributed by atoms with Crippen molar-refractivity contribution in [2.75, 3.05) is 6.61 Å². The van der Waals surface area contributed by atoms with Crippen LogP contribution in [0.15, 0.2) is 36.4 Å². The first-order chi connectivity index (χ1) is 11.9. The molecule has 0 amide bonds. The van der Waals surface area contributed by atoms with Gasteiger partial charge in [0, 0.05) is 0 Å². The van der Waals surface area contributed by atoms with E-state index >= 15 is 0 Å². The van der Waals surface area contributed by atoms with Gasteiger partial charge in [0.05, 0.1) is 0 Å². The van der Waals surface area contributed by atoms with E-state index in [4.69, 9.17) is 9.47 Å². The van der Waals surface area contributed by atoms with E-state index in [-0.39, 0.29) is 12.6 Å². The summed E-state index contributed by atoms with van der Waals surface area (Å²) in [4.78, 5) is 12.2. The molecule has 25 heavy (non-hydrogen) atoms. The number of hydrogen-bond donors (Lipinski definition) is 0. The van der Waals surface area contributed by atoms with Gasteiger partial charge in [0.25, 0.3) is 0 Å². The van der Waals surface area contributed by atoms with E-state index in [0.29, 0.717) is 11.7 Å². The van der Waals surface area contributed by atoms with Crippen molar-refractivity contribution in [1.82, 2.24) is 0 Å². The first kappa shape index (κ1) is 17.8. The second-order valence-corrected chi connectivity index (χ2v) is 7.71. The average molecular weight is 340 g/mol. The highest BCUT2D eigenvalue weighted by Crippen LogP contribution is 2.34. The number of rotatable bonds is 5. The molecule has 0 N–H and O–H groups in total. The maximum absolute atomic E-state index is 12.2. The van der Waals surface area contributed by atoms with Crippen molar-refractivity contribution < 1.29 is 14.3 Å². The molecule has 1 saturated carbocycles. The molecule has 134 valence electrons. The van der Waals surface area contributed by atoms with Gasteiger partial charge in [-0.05, 0) is 62.4 Å². The zero-order valence-electron chi connectivity index (χ0n) is 15.5. The molecule has 0 saturated heterocycles. The monoisotopic (exact) mass is 340 g/mol. The van der Waals surface area contributed by atoms with Crippen molar-refractivity contribution in [3.8, 4) is 5.75 Å². The lowest BCUT2D eigenvalue weighted by Crippen LogP contribution is -2.39. The topological polar surface area (TPSA) is 35.5 Å². The Kier molecular flexibility index (Phi) is 5.31. The first-order valence-corrected chi connectivity index (χ1v) is 9.29. The zero-order chi connectivity index (χ0) is 17.9. The minimum atomic E-state index is -0.415. The van der Waals surface area contributed by atoms with E-state index in [0.717, 1.165) is 18.2 Å². The Labute approximate surface area is 150 Å². The maximum Gasteiger partial charge on any atom is 0.344 e. The van der Waals surface area contributed by atoms with E-state index < -0.39 is 5.60 Å². The molecule has 3 heteroatoms. The fraction of sp³-hybridized carbons (Fsp3) is 0.500. The number of carbonyl (C=O) groups is 1. The van der Waals surface area contributed by atoms with Gasteiger partial charge in [0.2, 0.25) is 0 Å². The Morgan fingerprint density at radius 2 is 1.72 bits per heavy atom. The normalized spacial score (nSPS) is 16.0. The minimum Gasteiger partial charge on any atom is -0.482 e. The standard InChI is InChI=1S/C22H28O3/c1-16-9-10-18-14-20(12-11-17(18)13-16)24-15-21(23)25-22(2,3)19-7-5-4-6-8-19/h9-14,19H,4-8,15H2,1-3H3. The molecule has 2 aromatic carbocycles. The number of ether oxygens (including phenoxy) is 2. The van der Waals surface area contributed by atoms with E-state index in [2.05, 4.69) is 25.1 Å². The van der Waals surface area contributed by atoms with Gasteiger partial charge in [-0.15, -0.1) is 0 Å². The van der Waals surface area contributed by atoms with Crippen LogP contribution in [0.2, 0.25) is 0 Å². The van der Waals surface area contributed by atoms with Gasteiger partial charge < -0.3 is 9.47 Å². The quantitative estimate of drug-likeness (QED) is 0.681. The van der Waals surface area contributed by atoms with Gasteiger partial charge in [-0.3, -0.25) is 0 Å². The highest BCUT2D eigenvalue weighted by atomic mass is 16.6. The first-order valence-electron chi connectivity index (χ1n) is 9.29. The van der Waals surface area contributed by atoms with Crippen LogP contribution in [-0.2, 0) is 9.53 Å². The van der Waals surface area contributed by atoms with Crippen LogP contribution in [0.25, 0.3) is 10.8 Å². The Hall–Kier alpha value is -2.03. The summed E-state index contributed by atoms with van der Waals surface area (Å²) in [6, 6.07) is 12.2. The lowest BCUT2D eigenvalue weighted by molar-refractivity contribution is -0.165. The van der Waals surface area contributed by atoms with Crippen LogP contribution < -0.4 is 4.74 Å². The van der Waals surface area contributed by atoms with Crippen LogP contribution in [0.4, 0.5) is 0 Å². The van der Waals surface area contributed by atoms with Crippen molar-refractivity contribution >= 4 is 16.7 Å². The molecule has 3 nitrogen and oxygen atoms in total. The van der Waals surface area contributed by atoms with Crippen LogP contribution in [-0.4, -0.2) is 18.2 Å². The van der Waals surface area contributed by atoms with Gasteiger partial charge in [0.1, 0.15) is 11.4 Å². The summed E-state index contributed by atoms with van der Waals surface area (Å²) < 4.78 is 11.4. The van der Waals surface area contributed by atoms with Crippen LogP contribution >= 0.6 is 0 Å². The lowest BCUT2D eigenvalue weighted by atomic mass is 9.79. The molecule has 0 aliphatic heterocycles. The van der Waals surface area contributed by atoms with E-state index in [1.807, 2.05) is 32.0 Å². The van der Waals surface area contributed by atoms with Gasteiger partial charge in [-0.25, -0.2) is 4.79 Å². The van der Waals surface area contributed by atoms with Crippen LogP contribution in [0.3, 0.4) is 0 Å². The van der Waals surface area contributed by atoms with E-state index in [1.165, 1.54) is 30.2 Å². The van der Waals surface area contributed by atoms with Gasteiger partial charge >= 0.3 is 5.97 Å². The second-order valence-electron chi connectivity index (χ2n) is 7.71. The third-order valence-electron chi connectivity index (χ3n) is 5.29. The number of carbonyl (C=O) groups excluding carboxylic acids is 1. The summed E-state index contributed by atoms with van der Waals surface area (Å²) in [5.41, 5.74) is 0.816. The van der Waals surface area contributed by atoms with Crippen molar-refractivity contribution in [3.63, 3.8) is 0 Å². The van der Waals surface area contributed by atoms with Gasteiger partial charge in [-0.1, -0.05) is 49.1 Å². The number of benzene rings is 2. The van der Waals surface area contributed by atoms with Gasteiger partial charge in [0.15, 0.2) is 6.61 Å². The maximum atomic E-state index is 12.2. The molecule has 0 unspecified atom stereocenters. The average Bonchev–Trinajstić information content (AvgIpc) is 2.60. The summed E-state index contributed by atoms with van der Waals surface area (Å²) in [6.45, 7) is 6.08. The van der Waals surface area contributed by atoms with Gasteiger partial charge in [-0.2, -0.15) is 0 Å². The molecular weight excluding hydrogens is 312 g/mol.